The molecule has 1 aromatic heterocycles. The van der Waals surface area contributed by atoms with E-state index in [1.807, 2.05) is 45.0 Å². The van der Waals surface area contributed by atoms with Crippen LogP contribution in [0.4, 0.5) is 10.6 Å². The number of aromatic nitrogens is 1. The lowest BCUT2D eigenvalue weighted by Crippen LogP contribution is -2.30. The lowest BCUT2D eigenvalue weighted by molar-refractivity contribution is 0.220. The molecule has 2 rings (SSSR count). The maximum Gasteiger partial charge on any atom is 0.323 e. The molecule has 0 saturated heterocycles. The molecule has 1 aromatic carbocycles. The number of hydrogen-bond acceptors (Lipinski definition) is 4. The fraction of sp³-hybridized carbons (Fsp3) is 0.412. The summed E-state index contributed by atoms with van der Waals surface area (Å²) in [5, 5.41) is 6.62. The quantitative estimate of drug-likeness (QED) is 0.934. The topological polar surface area (TPSA) is 67.6 Å². The second-order valence-electron chi connectivity index (χ2n) is 6.46. The Kier molecular flexibility index (Phi) is 4.93. The van der Waals surface area contributed by atoms with Gasteiger partial charge in [-0.1, -0.05) is 38.1 Å². The van der Waals surface area contributed by atoms with E-state index >= 15 is 0 Å². The van der Waals surface area contributed by atoms with Crippen LogP contribution in [0.1, 0.15) is 32.1 Å². The molecule has 2 amide bonds. The van der Waals surface area contributed by atoms with Crippen LogP contribution < -0.4 is 10.1 Å². The van der Waals surface area contributed by atoms with Gasteiger partial charge in [0.05, 0.1) is 7.11 Å². The van der Waals surface area contributed by atoms with E-state index in [9.17, 15) is 4.79 Å². The highest BCUT2D eigenvalue weighted by Crippen LogP contribution is 2.24. The van der Waals surface area contributed by atoms with Crippen molar-refractivity contribution in [3.63, 3.8) is 0 Å². The smallest absolute Gasteiger partial charge is 0.323 e. The number of nitrogens with one attached hydrogen (secondary N) is 1. The lowest BCUT2D eigenvalue weighted by atomic mass is 9.93. The van der Waals surface area contributed by atoms with Crippen LogP contribution in [0.3, 0.4) is 0 Å². The zero-order chi connectivity index (χ0) is 17.0. The number of methoxy groups -OCH3 is 1. The zero-order valence-electron chi connectivity index (χ0n) is 14.2. The Balaban J connectivity index is 1.95. The molecule has 0 atom stereocenters. The third-order valence-electron chi connectivity index (χ3n) is 3.41. The molecule has 0 saturated carbocycles. The maximum absolute atomic E-state index is 12.2. The molecule has 0 spiro atoms. The highest BCUT2D eigenvalue weighted by atomic mass is 16.5. The fourth-order valence-electron chi connectivity index (χ4n) is 1.97. The largest absolute Gasteiger partial charge is 0.497 e. The SMILES string of the molecule is COc1ccc(CN(C)C(=O)Nc2cc(C(C)(C)C)on2)cc1. The Morgan fingerprint density at radius 3 is 2.48 bits per heavy atom. The number of urea groups is 1. The highest BCUT2D eigenvalue weighted by molar-refractivity contribution is 5.88. The number of nitrogens with zero attached hydrogens (tertiary/aromatic N) is 2. The van der Waals surface area contributed by atoms with Gasteiger partial charge in [0.25, 0.3) is 0 Å². The van der Waals surface area contributed by atoms with Crippen molar-refractivity contribution in [1.82, 2.24) is 10.1 Å². The summed E-state index contributed by atoms with van der Waals surface area (Å²) in [6.07, 6.45) is 0. The minimum absolute atomic E-state index is 0.148. The van der Waals surface area contributed by atoms with E-state index in [4.69, 9.17) is 9.26 Å². The Morgan fingerprint density at radius 1 is 1.30 bits per heavy atom. The molecular formula is C17H23N3O3. The first kappa shape index (κ1) is 16.9. The number of amides is 2. The predicted octanol–water partition coefficient (Wildman–Crippen LogP) is 3.64. The normalized spacial score (nSPS) is 11.2. The van der Waals surface area contributed by atoms with Crippen molar-refractivity contribution in [3.8, 4) is 5.75 Å². The second-order valence-corrected chi connectivity index (χ2v) is 6.46. The van der Waals surface area contributed by atoms with Gasteiger partial charge < -0.3 is 14.2 Å². The summed E-state index contributed by atoms with van der Waals surface area (Å²) in [6.45, 7) is 6.55. The second kappa shape index (κ2) is 6.73. The van der Waals surface area contributed by atoms with Gasteiger partial charge in [0.15, 0.2) is 5.82 Å². The van der Waals surface area contributed by atoms with Gasteiger partial charge >= 0.3 is 6.03 Å². The van der Waals surface area contributed by atoms with Gasteiger partial charge in [-0.3, -0.25) is 5.32 Å². The van der Waals surface area contributed by atoms with Crippen molar-refractivity contribution in [2.45, 2.75) is 32.7 Å². The van der Waals surface area contributed by atoms with Gasteiger partial charge in [-0.05, 0) is 17.7 Å². The summed E-state index contributed by atoms with van der Waals surface area (Å²) in [5.74, 6) is 1.94. The van der Waals surface area contributed by atoms with Crippen LogP contribution in [0.2, 0.25) is 0 Å². The van der Waals surface area contributed by atoms with Gasteiger partial charge in [0, 0.05) is 25.1 Å². The molecule has 0 aliphatic heterocycles. The van der Waals surface area contributed by atoms with Crippen LogP contribution in [0.15, 0.2) is 34.9 Å². The lowest BCUT2D eigenvalue weighted by Gasteiger charge is -2.17. The molecule has 0 aliphatic carbocycles. The molecule has 124 valence electrons. The minimum Gasteiger partial charge on any atom is -0.497 e. The van der Waals surface area contributed by atoms with Gasteiger partial charge in [-0.2, -0.15) is 0 Å². The Bertz CT molecular complexity index is 656. The van der Waals surface area contributed by atoms with Gasteiger partial charge in [-0.25, -0.2) is 4.79 Å². The van der Waals surface area contributed by atoms with Gasteiger partial charge in [0.2, 0.25) is 0 Å². The maximum atomic E-state index is 12.2. The Morgan fingerprint density at radius 2 is 1.96 bits per heavy atom. The van der Waals surface area contributed by atoms with Crippen LogP contribution in [0, 0.1) is 0 Å². The first-order chi connectivity index (χ1) is 10.8. The number of ether oxygens (including phenoxy) is 1. The van der Waals surface area contributed by atoms with E-state index in [-0.39, 0.29) is 11.4 Å². The summed E-state index contributed by atoms with van der Waals surface area (Å²) in [5.41, 5.74) is 0.865. The van der Waals surface area contributed by atoms with Crippen molar-refractivity contribution in [1.29, 1.82) is 0 Å². The molecule has 6 nitrogen and oxygen atoms in total. The average Bonchev–Trinajstić information content (AvgIpc) is 2.96. The number of rotatable bonds is 4. The molecule has 1 heterocycles. The summed E-state index contributed by atoms with van der Waals surface area (Å²) in [4.78, 5) is 13.8. The van der Waals surface area contributed by atoms with Crippen molar-refractivity contribution in [2.75, 3.05) is 19.5 Å². The molecule has 0 unspecified atom stereocenters. The van der Waals surface area contributed by atoms with Crippen LogP contribution in [-0.4, -0.2) is 30.2 Å². The van der Waals surface area contributed by atoms with Crippen molar-refractivity contribution in [3.05, 3.63) is 41.7 Å². The van der Waals surface area contributed by atoms with E-state index in [0.29, 0.717) is 12.4 Å². The van der Waals surface area contributed by atoms with Crippen LogP contribution in [0.5, 0.6) is 5.75 Å². The molecule has 6 heteroatoms. The Hall–Kier alpha value is -2.50. The third kappa shape index (κ3) is 4.48. The minimum atomic E-state index is -0.241. The standard InChI is InChI=1S/C17H23N3O3/c1-17(2,3)14-10-15(19-23-14)18-16(21)20(4)11-12-6-8-13(22-5)9-7-12/h6-10H,11H2,1-5H3,(H,18,19,21). The average molecular weight is 317 g/mol. The molecular weight excluding hydrogens is 294 g/mol. The summed E-state index contributed by atoms with van der Waals surface area (Å²) in [6, 6.07) is 9.10. The molecule has 0 fully saturated rings. The number of hydrogen-bond donors (Lipinski definition) is 1. The predicted molar refractivity (Wildman–Crippen MR) is 88.7 cm³/mol. The molecule has 0 radical (unpaired) electrons. The fourth-order valence-corrected chi connectivity index (χ4v) is 1.97. The Labute approximate surface area is 136 Å². The summed E-state index contributed by atoms with van der Waals surface area (Å²) in [7, 11) is 3.35. The van der Waals surface area contributed by atoms with Crippen LogP contribution in [-0.2, 0) is 12.0 Å². The molecule has 2 aromatic rings. The van der Waals surface area contributed by atoms with E-state index in [0.717, 1.165) is 17.1 Å². The number of anilines is 1. The third-order valence-corrected chi connectivity index (χ3v) is 3.41. The van der Waals surface area contributed by atoms with E-state index in [1.165, 1.54) is 0 Å². The number of carbonyl (C=O) groups is 1. The highest BCUT2D eigenvalue weighted by Gasteiger charge is 2.21. The van der Waals surface area contributed by atoms with Crippen molar-refractivity contribution < 1.29 is 14.1 Å². The van der Waals surface area contributed by atoms with E-state index < -0.39 is 0 Å². The van der Waals surface area contributed by atoms with Gasteiger partial charge in [-0.15, -0.1) is 0 Å². The van der Waals surface area contributed by atoms with Crippen molar-refractivity contribution in [2.24, 2.45) is 0 Å². The molecule has 0 bridgehead atoms. The van der Waals surface area contributed by atoms with Crippen molar-refractivity contribution >= 4 is 11.8 Å². The molecule has 23 heavy (non-hydrogen) atoms. The van der Waals surface area contributed by atoms with Crippen LogP contribution >= 0.6 is 0 Å². The van der Waals surface area contributed by atoms with Crippen LogP contribution in [0.25, 0.3) is 0 Å². The number of carbonyl (C=O) groups excluding carboxylic acids is 1. The summed E-state index contributed by atoms with van der Waals surface area (Å²) < 4.78 is 10.4. The van der Waals surface area contributed by atoms with E-state index in [1.54, 1.807) is 25.1 Å². The first-order valence-corrected chi connectivity index (χ1v) is 7.42. The monoisotopic (exact) mass is 317 g/mol. The zero-order valence-corrected chi connectivity index (χ0v) is 14.2. The van der Waals surface area contributed by atoms with Gasteiger partial charge in [0.1, 0.15) is 11.5 Å². The van der Waals surface area contributed by atoms with E-state index in [2.05, 4.69) is 10.5 Å². The number of benzene rings is 1. The molecule has 0 aliphatic rings. The first-order valence-electron chi connectivity index (χ1n) is 7.42. The summed E-state index contributed by atoms with van der Waals surface area (Å²) >= 11 is 0. The molecule has 1 N–H and O–H groups in total.